The second kappa shape index (κ2) is 12.6. The van der Waals surface area contributed by atoms with Crippen LogP contribution in [0.5, 0.6) is 0 Å². The molecule has 0 aliphatic heterocycles. The number of guanidine groups is 1. The van der Waals surface area contributed by atoms with Gasteiger partial charge in [0.2, 0.25) is 0 Å². The van der Waals surface area contributed by atoms with Gasteiger partial charge in [-0.1, -0.05) is 12.8 Å². The van der Waals surface area contributed by atoms with E-state index in [0.717, 1.165) is 25.5 Å². The lowest BCUT2D eigenvalue weighted by atomic mass is 9.83. The zero-order valence-electron chi connectivity index (χ0n) is 17.9. The Morgan fingerprint density at radius 2 is 1.85 bits per heavy atom. The summed E-state index contributed by atoms with van der Waals surface area (Å²) in [5, 5.41) is 6.72. The molecule has 1 aliphatic rings. The molecule has 1 aliphatic carbocycles. The molecule has 0 heterocycles. The van der Waals surface area contributed by atoms with Gasteiger partial charge >= 0.3 is 6.09 Å². The Morgan fingerprint density at radius 1 is 1.22 bits per heavy atom. The van der Waals surface area contributed by atoms with Crippen LogP contribution in [-0.2, 0) is 9.47 Å². The quantitative estimate of drug-likeness (QED) is 0.306. The van der Waals surface area contributed by atoms with Gasteiger partial charge in [0.1, 0.15) is 5.60 Å². The lowest BCUT2D eigenvalue weighted by molar-refractivity contribution is 0.0302. The van der Waals surface area contributed by atoms with Crippen molar-refractivity contribution in [1.82, 2.24) is 15.5 Å². The van der Waals surface area contributed by atoms with Crippen molar-refractivity contribution >= 4 is 36.0 Å². The first-order valence-electron chi connectivity index (χ1n) is 9.59. The number of hydrogen-bond acceptors (Lipinski definition) is 4. The highest BCUT2D eigenvalue weighted by molar-refractivity contribution is 14.0. The van der Waals surface area contributed by atoms with Crippen LogP contribution in [0.2, 0.25) is 0 Å². The van der Waals surface area contributed by atoms with E-state index < -0.39 is 5.60 Å². The van der Waals surface area contributed by atoms with Gasteiger partial charge in [-0.2, -0.15) is 0 Å². The van der Waals surface area contributed by atoms with E-state index in [1.165, 1.54) is 25.7 Å². The lowest BCUT2D eigenvalue weighted by Gasteiger charge is -2.30. The Balaban J connectivity index is 0.00000676. The molecule has 1 fully saturated rings. The summed E-state index contributed by atoms with van der Waals surface area (Å²) in [6, 6.07) is 0. The Labute approximate surface area is 182 Å². The van der Waals surface area contributed by atoms with Gasteiger partial charge in [0.05, 0.1) is 0 Å². The predicted octanol–water partition coefficient (Wildman–Crippen LogP) is 3.23. The fourth-order valence-electron chi connectivity index (χ4n) is 3.22. The van der Waals surface area contributed by atoms with E-state index in [2.05, 4.69) is 15.6 Å². The normalized spacial score (nSPS) is 16.4. The Morgan fingerprint density at radius 3 is 2.37 bits per heavy atom. The van der Waals surface area contributed by atoms with Crippen molar-refractivity contribution in [3.63, 3.8) is 0 Å². The summed E-state index contributed by atoms with van der Waals surface area (Å²) in [5.41, 5.74) is -0.172. The standard InChI is InChI=1S/C19H38N4O3.HI/c1-18(2,3)26-17(24)23(5)13-12-21-16(20-4)22-15-19(11-14-25-6)9-7-8-10-19;/h7-15H2,1-6H3,(H2,20,21,22);1H. The topological polar surface area (TPSA) is 75.2 Å². The van der Waals surface area contributed by atoms with E-state index in [4.69, 9.17) is 9.47 Å². The number of carbonyl (C=O) groups is 1. The molecule has 0 unspecified atom stereocenters. The minimum atomic E-state index is -0.478. The molecular formula is C19H39IN4O3. The molecule has 0 aromatic heterocycles. The van der Waals surface area contributed by atoms with Crippen LogP contribution in [0.1, 0.15) is 52.9 Å². The molecular weight excluding hydrogens is 459 g/mol. The molecule has 0 spiro atoms. The largest absolute Gasteiger partial charge is 0.444 e. The van der Waals surface area contributed by atoms with E-state index in [1.807, 2.05) is 20.8 Å². The van der Waals surface area contributed by atoms with Gasteiger partial charge in [-0.25, -0.2) is 4.79 Å². The Hall–Kier alpha value is -0.770. The second-order valence-corrected chi connectivity index (χ2v) is 8.20. The number of nitrogens with zero attached hydrogens (tertiary/aromatic N) is 2. The predicted molar refractivity (Wildman–Crippen MR) is 121 cm³/mol. The molecule has 0 aromatic carbocycles. The molecule has 0 saturated heterocycles. The smallest absolute Gasteiger partial charge is 0.410 e. The minimum absolute atomic E-state index is 0. The van der Waals surface area contributed by atoms with Gasteiger partial charge < -0.3 is 25.0 Å². The highest BCUT2D eigenvalue weighted by atomic mass is 127. The van der Waals surface area contributed by atoms with Crippen LogP contribution >= 0.6 is 24.0 Å². The summed E-state index contributed by atoms with van der Waals surface area (Å²) in [6.45, 7) is 8.46. The molecule has 0 aromatic rings. The van der Waals surface area contributed by atoms with Crippen LogP contribution in [0.4, 0.5) is 4.79 Å². The van der Waals surface area contributed by atoms with Crippen molar-refractivity contribution in [2.75, 3.05) is 47.4 Å². The third kappa shape index (κ3) is 10.4. The molecule has 8 heteroatoms. The van der Waals surface area contributed by atoms with Crippen molar-refractivity contribution in [3.05, 3.63) is 0 Å². The number of carbonyl (C=O) groups excluding carboxylic acids is 1. The van der Waals surface area contributed by atoms with E-state index >= 15 is 0 Å². The van der Waals surface area contributed by atoms with Crippen LogP contribution in [0.3, 0.4) is 0 Å². The third-order valence-corrected chi connectivity index (χ3v) is 4.80. The van der Waals surface area contributed by atoms with Crippen molar-refractivity contribution in [3.8, 4) is 0 Å². The van der Waals surface area contributed by atoms with Gasteiger partial charge in [0, 0.05) is 47.4 Å². The molecule has 0 bridgehead atoms. The first-order valence-corrected chi connectivity index (χ1v) is 9.59. The molecule has 27 heavy (non-hydrogen) atoms. The van der Waals surface area contributed by atoms with E-state index in [9.17, 15) is 4.79 Å². The third-order valence-electron chi connectivity index (χ3n) is 4.80. The highest BCUT2D eigenvalue weighted by Crippen LogP contribution is 2.40. The lowest BCUT2D eigenvalue weighted by Crippen LogP contribution is -2.46. The van der Waals surface area contributed by atoms with Crippen molar-refractivity contribution in [2.45, 2.75) is 58.5 Å². The zero-order chi connectivity index (χ0) is 19.6. The van der Waals surface area contributed by atoms with Gasteiger partial charge in [0.15, 0.2) is 5.96 Å². The Kier molecular flexibility index (Phi) is 12.3. The maximum atomic E-state index is 12.0. The summed E-state index contributed by atoms with van der Waals surface area (Å²) in [5.74, 6) is 0.770. The molecule has 1 amide bonds. The molecule has 7 nitrogen and oxygen atoms in total. The first-order chi connectivity index (χ1) is 12.2. The number of likely N-dealkylation sites (N-methyl/N-ethyl adjacent to an activating group) is 1. The molecule has 1 rings (SSSR count). The van der Waals surface area contributed by atoms with Crippen LogP contribution in [0, 0.1) is 5.41 Å². The minimum Gasteiger partial charge on any atom is -0.444 e. The Bertz CT molecular complexity index is 460. The van der Waals surface area contributed by atoms with Gasteiger partial charge in [-0.3, -0.25) is 4.99 Å². The number of rotatable bonds is 8. The van der Waals surface area contributed by atoms with Gasteiger partial charge in [0.25, 0.3) is 0 Å². The zero-order valence-corrected chi connectivity index (χ0v) is 20.2. The van der Waals surface area contributed by atoms with E-state index in [1.54, 1.807) is 26.1 Å². The monoisotopic (exact) mass is 498 g/mol. The highest BCUT2D eigenvalue weighted by Gasteiger charge is 2.33. The fraction of sp³-hybridized carbons (Fsp3) is 0.895. The van der Waals surface area contributed by atoms with Crippen LogP contribution in [0.25, 0.3) is 0 Å². The van der Waals surface area contributed by atoms with Gasteiger partial charge in [-0.15, -0.1) is 24.0 Å². The number of amides is 1. The van der Waals surface area contributed by atoms with E-state index in [-0.39, 0.29) is 30.1 Å². The van der Waals surface area contributed by atoms with Crippen molar-refractivity contribution < 1.29 is 14.3 Å². The number of halogens is 1. The average molecular weight is 498 g/mol. The number of aliphatic imine (C=N–C) groups is 1. The van der Waals surface area contributed by atoms with Crippen LogP contribution in [-0.4, -0.2) is 70.0 Å². The van der Waals surface area contributed by atoms with Crippen molar-refractivity contribution in [2.24, 2.45) is 10.4 Å². The molecule has 160 valence electrons. The van der Waals surface area contributed by atoms with Gasteiger partial charge in [-0.05, 0) is 45.4 Å². The number of methoxy groups -OCH3 is 1. The maximum absolute atomic E-state index is 12.0. The summed E-state index contributed by atoms with van der Waals surface area (Å²) in [4.78, 5) is 17.8. The fourth-order valence-corrected chi connectivity index (χ4v) is 3.22. The summed E-state index contributed by atoms with van der Waals surface area (Å²) < 4.78 is 10.6. The molecule has 1 saturated carbocycles. The summed E-state index contributed by atoms with van der Waals surface area (Å²) >= 11 is 0. The second-order valence-electron chi connectivity index (χ2n) is 8.20. The van der Waals surface area contributed by atoms with Crippen LogP contribution < -0.4 is 10.6 Å². The molecule has 0 atom stereocenters. The molecule has 0 radical (unpaired) electrons. The SMILES string of the molecule is CN=C(NCCN(C)C(=O)OC(C)(C)C)NCC1(CCOC)CCCC1.I. The number of ether oxygens (including phenoxy) is 2. The number of hydrogen-bond donors (Lipinski definition) is 2. The molecule has 2 N–H and O–H groups in total. The van der Waals surface area contributed by atoms with E-state index in [0.29, 0.717) is 18.5 Å². The summed E-state index contributed by atoms with van der Waals surface area (Å²) in [7, 11) is 5.27. The number of nitrogens with one attached hydrogen (secondary N) is 2. The van der Waals surface area contributed by atoms with Crippen molar-refractivity contribution in [1.29, 1.82) is 0 Å². The summed E-state index contributed by atoms with van der Waals surface area (Å²) in [6.07, 6.45) is 5.82. The first kappa shape index (κ1) is 26.2. The maximum Gasteiger partial charge on any atom is 0.410 e. The van der Waals surface area contributed by atoms with Crippen LogP contribution in [0.15, 0.2) is 4.99 Å². The average Bonchev–Trinajstić information content (AvgIpc) is 3.03.